The molecule has 0 aliphatic rings. The largest absolute Gasteiger partial charge is 0.573 e. The van der Waals surface area contributed by atoms with E-state index in [0.717, 1.165) is 0 Å². The van der Waals surface area contributed by atoms with Gasteiger partial charge in [-0.2, -0.15) is 9.97 Å². The van der Waals surface area contributed by atoms with Crippen LogP contribution >= 0.6 is 0 Å². The van der Waals surface area contributed by atoms with Crippen LogP contribution in [0.25, 0.3) is 22.4 Å². The topological polar surface area (TPSA) is 96.0 Å². The fourth-order valence-corrected chi connectivity index (χ4v) is 2.16. The van der Waals surface area contributed by atoms with Crippen molar-refractivity contribution < 1.29 is 22.6 Å². The second-order valence-corrected chi connectivity index (χ2v) is 4.79. The quantitative estimate of drug-likeness (QED) is 0.772. The van der Waals surface area contributed by atoms with Crippen LogP contribution in [0.4, 0.5) is 19.1 Å². The van der Waals surface area contributed by atoms with Gasteiger partial charge < -0.3 is 15.2 Å². The number of alkyl halides is 3. The van der Waals surface area contributed by atoms with Crippen molar-refractivity contribution in [2.24, 2.45) is 0 Å². The minimum absolute atomic E-state index is 0.0428. The molecule has 0 aliphatic heterocycles. The molecule has 25 heavy (non-hydrogen) atoms. The second-order valence-electron chi connectivity index (χ2n) is 4.79. The summed E-state index contributed by atoms with van der Waals surface area (Å²) in [6.07, 6.45) is -3.54. The smallest absolute Gasteiger partial charge is 0.476 e. The normalized spacial score (nSPS) is 11.5. The highest BCUT2D eigenvalue weighted by molar-refractivity contribution is 5.80. The molecule has 0 spiro atoms. The summed E-state index contributed by atoms with van der Waals surface area (Å²) in [7, 11) is 0. The molecule has 0 amide bonds. The summed E-state index contributed by atoms with van der Waals surface area (Å²) >= 11 is 0. The minimum Gasteiger partial charge on any atom is -0.476 e. The van der Waals surface area contributed by atoms with Gasteiger partial charge in [-0.25, -0.2) is 9.97 Å². The highest BCUT2D eigenvalue weighted by Gasteiger charge is 2.32. The predicted molar refractivity (Wildman–Crippen MR) is 82.8 cm³/mol. The standard InChI is InChI=1S/C15H12F3N5O2/c1-2-24-13-11-12(22-14(19)23-13)20-7-9(21-11)8-5-3-4-6-10(8)25-15(16,17)18/h3-7H,2H2,1H3,(H2,19,20,22,23). The number of para-hydroxylation sites is 1. The number of hydrogen-bond acceptors (Lipinski definition) is 7. The van der Waals surface area contributed by atoms with Crippen LogP contribution in [-0.4, -0.2) is 32.9 Å². The zero-order valence-corrected chi connectivity index (χ0v) is 12.9. The highest BCUT2D eigenvalue weighted by atomic mass is 19.4. The molecule has 3 aromatic rings. The Kier molecular flexibility index (Phi) is 4.26. The first kappa shape index (κ1) is 16.7. The van der Waals surface area contributed by atoms with Gasteiger partial charge in [0.15, 0.2) is 11.2 Å². The van der Waals surface area contributed by atoms with Gasteiger partial charge in [0.05, 0.1) is 18.5 Å². The van der Waals surface area contributed by atoms with Crippen LogP contribution in [0.15, 0.2) is 30.5 Å². The zero-order valence-electron chi connectivity index (χ0n) is 12.9. The van der Waals surface area contributed by atoms with E-state index >= 15 is 0 Å². The monoisotopic (exact) mass is 351 g/mol. The third-order valence-corrected chi connectivity index (χ3v) is 3.06. The maximum atomic E-state index is 12.6. The van der Waals surface area contributed by atoms with E-state index in [2.05, 4.69) is 24.7 Å². The lowest BCUT2D eigenvalue weighted by molar-refractivity contribution is -0.274. The number of aromatic nitrogens is 4. The van der Waals surface area contributed by atoms with Gasteiger partial charge >= 0.3 is 6.36 Å². The molecule has 0 atom stereocenters. The number of benzene rings is 1. The molecule has 1 aromatic carbocycles. The van der Waals surface area contributed by atoms with E-state index in [9.17, 15) is 13.2 Å². The van der Waals surface area contributed by atoms with E-state index in [1.54, 1.807) is 13.0 Å². The lowest BCUT2D eigenvalue weighted by Gasteiger charge is -2.13. The van der Waals surface area contributed by atoms with Gasteiger partial charge in [-0.3, -0.25) is 0 Å². The van der Waals surface area contributed by atoms with Crippen molar-refractivity contribution >= 4 is 17.1 Å². The van der Waals surface area contributed by atoms with Crippen LogP contribution in [-0.2, 0) is 0 Å². The summed E-state index contributed by atoms with van der Waals surface area (Å²) in [5, 5.41) is 0. The van der Waals surface area contributed by atoms with Crippen molar-refractivity contribution in [2.75, 3.05) is 12.3 Å². The summed E-state index contributed by atoms with van der Waals surface area (Å²) < 4.78 is 47.2. The number of anilines is 1. The number of hydrogen-bond donors (Lipinski definition) is 1. The Morgan fingerprint density at radius 1 is 1.12 bits per heavy atom. The number of nitrogens with two attached hydrogens (primary N) is 1. The van der Waals surface area contributed by atoms with Crippen LogP contribution in [0.2, 0.25) is 0 Å². The van der Waals surface area contributed by atoms with Gasteiger partial charge in [-0.15, -0.1) is 13.2 Å². The molecule has 0 aliphatic carbocycles. The molecule has 0 radical (unpaired) electrons. The molecule has 130 valence electrons. The van der Waals surface area contributed by atoms with Gasteiger partial charge in [0.1, 0.15) is 5.75 Å². The zero-order chi connectivity index (χ0) is 18.0. The molecular formula is C15H12F3N5O2. The first-order valence-corrected chi connectivity index (χ1v) is 7.15. The number of nitrogen functional groups attached to an aromatic ring is 1. The maximum Gasteiger partial charge on any atom is 0.573 e. The van der Waals surface area contributed by atoms with Crippen molar-refractivity contribution in [2.45, 2.75) is 13.3 Å². The fraction of sp³-hybridized carbons (Fsp3) is 0.200. The van der Waals surface area contributed by atoms with Crippen LogP contribution < -0.4 is 15.2 Å². The van der Waals surface area contributed by atoms with Crippen LogP contribution in [0.3, 0.4) is 0 Å². The highest BCUT2D eigenvalue weighted by Crippen LogP contribution is 2.33. The Labute approximate surface area is 139 Å². The van der Waals surface area contributed by atoms with Crippen molar-refractivity contribution in [1.82, 2.24) is 19.9 Å². The molecule has 2 N–H and O–H groups in total. The van der Waals surface area contributed by atoms with E-state index in [1.807, 2.05) is 0 Å². The third-order valence-electron chi connectivity index (χ3n) is 3.06. The van der Waals surface area contributed by atoms with Gasteiger partial charge in [0.25, 0.3) is 0 Å². The molecule has 0 unspecified atom stereocenters. The van der Waals surface area contributed by atoms with E-state index in [4.69, 9.17) is 10.5 Å². The molecule has 2 heterocycles. The molecule has 10 heteroatoms. The molecule has 0 bridgehead atoms. The summed E-state index contributed by atoms with van der Waals surface area (Å²) in [5.41, 5.74) is 6.22. The van der Waals surface area contributed by atoms with Gasteiger partial charge in [0, 0.05) is 5.56 Å². The first-order chi connectivity index (χ1) is 11.9. The maximum absolute atomic E-state index is 12.6. The Morgan fingerprint density at radius 2 is 1.88 bits per heavy atom. The summed E-state index contributed by atoms with van der Waals surface area (Å²) in [4.78, 5) is 16.2. The average Bonchev–Trinajstić information content (AvgIpc) is 2.54. The summed E-state index contributed by atoms with van der Waals surface area (Å²) in [6.45, 7) is 2.04. The van der Waals surface area contributed by atoms with Crippen LogP contribution in [0.5, 0.6) is 11.6 Å². The molecule has 3 rings (SSSR count). The van der Waals surface area contributed by atoms with Crippen LogP contribution in [0.1, 0.15) is 6.92 Å². The minimum atomic E-state index is -4.82. The fourth-order valence-electron chi connectivity index (χ4n) is 2.16. The Balaban J connectivity index is 2.14. The van der Waals surface area contributed by atoms with Crippen molar-refractivity contribution in [3.05, 3.63) is 30.5 Å². The number of nitrogens with zero attached hydrogens (tertiary/aromatic N) is 4. The van der Waals surface area contributed by atoms with Gasteiger partial charge in [0.2, 0.25) is 11.8 Å². The second kappa shape index (κ2) is 6.38. The lowest BCUT2D eigenvalue weighted by Crippen LogP contribution is -2.17. The number of rotatable bonds is 4. The molecule has 0 fully saturated rings. The van der Waals surface area contributed by atoms with Crippen LogP contribution in [0, 0.1) is 0 Å². The SMILES string of the molecule is CCOc1nc(N)nc2ncc(-c3ccccc3OC(F)(F)F)nc12. The number of fused-ring (bicyclic) bond motifs is 1. The Bertz CT molecular complexity index is 917. The average molecular weight is 351 g/mol. The first-order valence-electron chi connectivity index (χ1n) is 7.15. The molecule has 7 nitrogen and oxygen atoms in total. The number of ether oxygens (including phenoxy) is 2. The van der Waals surface area contributed by atoms with Gasteiger partial charge in [-0.1, -0.05) is 12.1 Å². The summed E-state index contributed by atoms with van der Waals surface area (Å²) in [6, 6.07) is 5.62. The molecular weight excluding hydrogens is 339 g/mol. The van der Waals surface area contributed by atoms with Gasteiger partial charge in [-0.05, 0) is 19.1 Å². The third kappa shape index (κ3) is 3.67. The molecule has 0 saturated heterocycles. The summed E-state index contributed by atoms with van der Waals surface area (Å²) in [5.74, 6) is -0.328. The molecule has 0 saturated carbocycles. The predicted octanol–water partition coefficient (Wildman–Crippen LogP) is 2.97. The van der Waals surface area contributed by atoms with E-state index in [-0.39, 0.29) is 34.2 Å². The van der Waals surface area contributed by atoms with E-state index in [0.29, 0.717) is 6.61 Å². The van der Waals surface area contributed by atoms with E-state index in [1.165, 1.54) is 24.4 Å². The lowest BCUT2D eigenvalue weighted by atomic mass is 10.1. The Morgan fingerprint density at radius 3 is 2.60 bits per heavy atom. The Hall–Kier alpha value is -3.17. The van der Waals surface area contributed by atoms with E-state index < -0.39 is 12.1 Å². The van der Waals surface area contributed by atoms with Crippen molar-refractivity contribution in [3.63, 3.8) is 0 Å². The number of halogens is 3. The van der Waals surface area contributed by atoms with Crippen molar-refractivity contribution in [1.29, 1.82) is 0 Å². The van der Waals surface area contributed by atoms with Crippen molar-refractivity contribution in [3.8, 4) is 22.9 Å². The molecule has 2 aromatic heterocycles.